The van der Waals surface area contributed by atoms with Crippen molar-refractivity contribution in [1.29, 1.82) is 0 Å². The van der Waals surface area contributed by atoms with Crippen LogP contribution in [0.2, 0.25) is 10.0 Å². The lowest BCUT2D eigenvalue weighted by molar-refractivity contribution is -0.123. The predicted octanol–water partition coefficient (Wildman–Crippen LogP) is 2.13. The molecule has 0 atom stereocenters. The zero-order chi connectivity index (χ0) is 15.4. The number of primary amides is 1. The number of piperidine rings is 1. The topological polar surface area (TPSA) is 75.4 Å². The molecule has 1 aliphatic rings. The van der Waals surface area contributed by atoms with Crippen LogP contribution in [0.3, 0.4) is 0 Å². The first kappa shape index (κ1) is 16.1. The highest BCUT2D eigenvalue weighted by molar-refractivity contribution is 6.35. The van der Waals surface area contributed by atoms with Gasteiger partial charge in [0.25, 0.3) is 0 Å². The SMILES string of the molecule is NC(=O)C1CCN(CC(=O)Nc2cc(Cl)ccc2Cl)CC1. The van der Waals surface area contributed by atoms with E-state index in [4.69, 9.17) is 28.9 Å². The van der Waals surface area contributed by atoms with Crippen LogP contribution in [-0.2, 0) is 9.59 Å². The fourth-order valence-corrected chi connectivity index (χ4v) is 2.70. The summed E-state index contributed by atoms with van der Waals surface area (Å²) in [5.74, 6) is -0.492. The first-order chi connectivity index (χ1) is 9.95. The number of rotatable bonds is 4. The molecule has 5 nitrogen and oxygen atoms in total. The van der Waals surface area contributed by atoms with Crippen molar-refractivity contribution in [3.8, 4) is 0 Å². The third-order valence-corrected chi connectivity index (χ3v) is 4.12. The van der Waals surface area contributed by atoms with Crippen LogP contribution in [-0.4, -0.2) is 36.3 Å². The third-order valence-electron chi connectivity index (χ3n) is 3.56. The molecule has 2 amide bonds. The van der Waals surface area contributed by atoms with Crippen molar-refractivity contribution in [1.82, 2.24) is 4.90 Å². The summed E-state index contributed by atoms with van der Waals surface area (Å²) in [6.45, 7) is 1.63. The van der Waals surface area contributed by atoms with Crippen LogP contribution in [0.25, 0.3) is 0 Å². The highest BCUT2D eigenvalue weighted by atomic mass is 35.5. The Bertz CT molecular complexity index is 543. The maximum Gasteiger partial charge on any atom is 0.238 e. The third kappa shape index (κ3) is 4.59. The largest absolute Gasteiger partial charge is 0.369 e. The van der Waals surface area contributed by atoms with E-state index in [2.05, 4.69) is 5.32 Å². The van der Waals surface area contributed by atoms with Gasteiger partial charge < -0.3 is 11.1 Å². The molecule has 3 N–H and O–H groups in total. The summed E-state index contributed by atoms with van der Waals surface area (Å²) >= 11 is 11.9. The van der Waals surface area contributed by atoms with Crippen molar-refractivity contribution in [3.05, 3.63) is 28.2 Å². The quantitative estimate of drug-likeness (QED) is 0.888. The van der Waals surface area contributed by atoms with Gasteiger partial charge in [-0.1, -0.05) is 23.2 Å². The molecule has 0 spiro atoms. The summed E-state index contributed by atoms with van der Waals surface area (Å²) in [6.07, 6.45) is 1.39. The van der Waals surface area contributed by atoms with E-state index in [1.165, 1.54) is 0 Å². The molecular formula is C14H17Cl2N3O2. The number of carbonyl (C=O) groups excluding carboxylic acids is 2. The van der Waals surface area contributed by atoms with Gasteiger partial charge in [0.05, 0.1) is 17.3 Å². The lowest BCUT2D eigenvalue weighted by Crippen LogP contribution is -2.42. The molecule has 0 aromatic heterocycles. The standard InChI is InChI=1S/C14H17Cl2N3O2/c15-10-1-2-11(16)12(7-10)18-13(20)8-19-5-3-9(4-6-19)14(17)21/h1-2,7,9H,3-6,8H2,(H2,17,21)(H,18,20). The van der Waals surface area contributed by atoms with Crippen molar-refractivity contribution in [2.45, 2.75) is 12.8 Å². The van der Waals surface area contributed by atoms with E-state index in [0.717, 1.165) is 0 Å². The number of hydrogen-bond donors (Lipinski definition) is 2. The Kier molecular flexibility index (Phi) is 5.45. The smallest absolute Gasteiger partial charge is 0.238 e. The molecule has 21 heavy (non-hydrogen) atoms. The van der Waals surface area contributed by atoms with Crippen LogP contribution >= 0.6 is 23.2 Å². The maximum atomic E-state index is 12.0. The molecule has 2 rings (SSSR count). The highest BCUT2D eigenvalue weighted by Crippen LogP contribution is 2.25. The van der Waals surface area contributed by atoms with E-state index in [9.17, 15) is 9.59 Å². The molecule has 1 fully saturated rings. The second-order valence-electron chi connectivity index (χ2n) is 5.13. The number of likely N-dealkylation sites (tertiary alicyclic amines) is 1. The minimum absolute atomic E-state index is 0.0771. The molecule has 0 radical (unpaired) electrons. The molecule has 1 aromatic rings. The Morgan fingerprint density at radius 3 is 2.57 bits per heavy atom. The van der Waals surface area contributed by atoms with Gasteiger partial charge in [0.2, 0.25) is 11.8 Å². The van der Waals surface area contributed by atoms with E-state index in [0.29, 0.717) is 41.7 Å². The van der Waals surface area contributed by atoms with Crippen LogP contribution in [0.4, 0.5) is 5.69 Å². The summed E-state index contributed by atoms with van der Waals surface area (Å²) < 4.78 is 0. The van der Waals surface area contributed by atoms with Crippen molar-refractivity contribution in [2.24, 2.45) is 11.7 Å². The van der Waals surface area contributed by atoms with Crippen LogP contribution in [0.5, 0.6) is 0 Å². The molecule has 1 saturated heterocycles. The van der Waals surface area contributed by atoms with Crippen molar-refractivity contribution in [2.75, 3.05) is 25.0 Å². The lowest BCUT2D eigenvalue weighted by atomic mass is 9.96. The van der Waals surface area contributed by atoms with Gasteiger partial charge in [-0.2, -0.15) is 0 Å². The van der Waals surface area contributed by atoms with Crippen LogP contribution in [0.1, 0.15) is 12.8 Å². The highest BCUT2D eigenvalue weighted by Gasteiger charge is 2.24. The van der Waals surface area contributed by atoms with Crippen molar-refractivity contribution >= 4 is 40.7 Å². The van der Waals surface area contributed by atoms with E-state index < -0.39 is 0 Å². The van der Waals surface area contributed by atoms with Gasteiger partial charge >= 0.3 is 0 Å². The average molecular weight is 330 g/mol. The molecule has 114 valence electrons. The van der Waals surface area contributed by atoms with Crippen LogP contribution in [0.15, 0.2) is 18.2 Å². The number of benzene rings is 1. The molecule has 1 aliphatic heterocycles. The number of nitrogens with zero attached hydrogens (tertiary/aromatic N) is 1. The van der Waals surface area contributed by atoms with Gasteiger partial charge in [0.15, 0.2) is 0 Å². The minimum Gasteiger partial charge on any atom is -0.369 e. The van der Waals surface area contributed by atoms with Gasteiger partial charge in [0.1, 0.15) is 0 Å². The normalized spacial score (nSPS) is 16.7. The van der Waals surface area contributed by atoms with Gasteiger partial charge in [-0.25, -0.2) is 0 Å². The molecule has 0 saturated carbocycles. The summed E-state index contributed by atoms with van der Waals surface area (Å²) in [5.41, 5.74) is 5.78. The first-order valence-electron chi connectivity index (χ1n) is 6.72. The zero-order valence-corrected chi connectivity index (χ0v) is 13.0. The molecule has 1 aromatic carbocycles. The van der Waals surface area contributed by atoms with Gasteiger partial charge in [-0.15, -0.1) is 0 Å². The van der Waals surface area contributed by atoms with E-state index in [1.807, 2.05) is 4.90 Å². The predicted molar refractivity (Wildman–Crippen MR) is 83.5 cm³/mol. The monoisotopic (exact) mass is 329 g/mol. The Balaban J connectivity index is 1.85. The molecule has 1 heterocycles. The van der Waals surface area contributed by atoms with E-state index >= 15 is 0 Å². The van der Waals surface area contributed by atoms with Gasteiger partial charge in [-0.05, 0) is 44.1 Å². The average Bonchev–Trinajstić information content (AvgIpc) is 2.43. The molecule has 0 bridgehead atoms. The van der Waals surface area contributed by atoms with E-state index in [1.54, 1.807) is 18.2 Å². The molecular weight excluding hydrogens is 313 g/mol. The number of anilines is 1. The number of nitrogens with one attached hydrogen (secondary N) is 1. The second kappa shape index (κ2) is 7.11. The van der Waals surface area contributed by atoms with Gasteiger partial charge in [-0.3, -0.25) is 14.5 Å². The number of amides is 2. The Morgan fingerprint density at radius 2 is 1.95 bits per heavy atom. The number of carbonyl (C=O) groups is 2. The molecule has 0 aliphatic carbocycles. The number of hydrogen-bond acceptors (Lipinski definition) is 3. The van der Waals surface area contributed by atoms with Gasteiger partial charge in [0, 0.05) is 10.9 Å². The van der Waals surface area contributed by atoms with Crippen molar-refractivity contribution in [3.63, 3.8) is 0 Å². The Labute approximate surface area is 133 Å². The maximum absolute atomic E-state index is 12.0. The lowest BCUT2D eigenvalue weighted by Gasteiger charge is -2.29. The summed E-state index contributed by atoms with van der Waals surface area (Å²) in [5, 5.41) is 3.70. The Morgan fingerprint density at radius 1 is 1.29 bits per heavy atom. The molecule has 0 unspecified atom stereocenters. The number of halogens is 2. The first-order valence-corrected chi connectivity index (χ1v) is 7.48. The summed E-state index contributed by atoms with van der Waals surface area (Å²) in [6, 6.07) is 4.91. The molecule has 7 heteroatoms. The second-order valence-corrected chi connectivity index (χ2v) is 5.97. The van der Waals surface area contributed by atoms with Crippen LogP contribution < -0.4 is 11.1 Å². The summed E-state index contributed by atoms with van der Waals surface area (Å²) in [7, 11) is 0. The Hall–Kier alpha value is -1.30. The zero-order valence-electron chi connectivity index (χ0n) is 11.4. The number of nitrogens with two attached hydrogens (primary N) is 1. The fourth-order valence-electron chi connectivity index (χ4n) is 2.36. The van der Waals surface area contributed by atoms with Crippen LogP contribution in [0, 0.1) is 5.92 Å². The summed E-state index contributed by atoms with van der Waals surface area (Å²) in [4.78, 5) is 25.1. The van der Waals surface area contributed by atoms with E-state index in [-0.39, 0.29) is 24.3 Å². The van der Waals surface area contributed by atoms with Crippen molar-refractivity contribution < 1.29 is 9.59 Å². The fraction of sp³-hybridized carbons (Fsp3) is 0.429. The minimum atomic E-state index is -0.259.